The molecule has 0 saturated heterocycles. The lowest BCUT2D eigenvalue weighted by Crippen LogP contribution is -2.30. The Morgan fingerprint density at radius 1 is 1.22 bits per heavy atom. The second kappa shape index (κ2) is 7.34. The van der Waals surface area contributed by atoms with Gasteiger partial charge in [0.15, 0.2) is 6.20 Å². The predicted molar refractivity (Wildman–Crippen MR) is 107 cm³/mol. The molecule has 5 heteroatoms. The topological polar surface area (TPSA) is 51.2 Å². The van der Waals surface area contributed by atoms with Crippen molar-refractivity contribution >= 4 is 33.9 Å². The first-order valence-electron chi connectivity index (χ1n) is 8.67. The van der Waals surface area contributed by atoms with Crippen LogP contribution >= 0.6 is 0 Å². The van der Waals surface area contributed by atoms with Gasteiger partial charge < -0.3 is 4.42 Å². The lowest BCUT2D eigenvalue weighted by atomic mass is 10.0. The average molecular weight is 376 g/mol. The summed E-state index contributed by atoms with van der Waals surface area (Å²) in [5.74, 6) is 7.20. The van der Waals surface area contributed by atoms with Crippen LogP contribution in [0.25, 0.3) is 23.1 Å². The van der Waals surface area contributed by atoms with Crippen LogP contribution in [0.1, 0.15) is 28.8 Å². The second-order valence-corrected chi connectivity index (χ2v) is 8.02. The van der Waals surface area contributed by atoms with Gasteiger partial charge in [0.1, 0.15) is 12.6 Å². The zero-order valence-corrected chi connectivity index (χ0v) is 15.7. The van der Waals surface area contributed by atoms with Crippen LogP contribution in [0, 0.1) is 11.8 Å². The molecule has 0 bridgehead atoms. The Labute approximate surface area is 159 Å². The highest BCUT2D eigenvalue weighted by Crippen LogP contribution is 2.22. The molecule has 1 aromatic carbocycles. The average Bonchev–Trinajstić information content (AvgIpc) is 2.64. The molecule has 27 heavy (non-hydrogen) atoms. The first kappa shape index (κ1) is 17.4. The number of fused-ring (bicyclic) bond motifs is 2. The molecular weight excluding hydrogens is 358 g/mol. The van der Waals surface area contributed by atoms with Crippen LogP contribution in [-0.2, 0) is 23.6 Å². The van der Waals surface area contributed by atoms with E-state index < -0.39 is 10.8 Å². The van der Waals surface area contributed by atoms with Crippen molar-refractivity contribution < 1.29 is 13.2 Å². The molecule has 1 aliphatic rings. The molecule has 0 amide bonds. The smallest absolute Gasteiger partial charge is 0.343 e. The summed E-state index contributed by atoms with van der Waals surface area (Å²) in [4.78, 5) is 12.4. The van der Waals surface area contributed by atoms with Crippen molar-refractivity contribution in [2.24, 2.45) is 7.05 Å². The van der Waals surface area contributed by atoms with E-state index in [-0.39, 0.29) is 5.63 Å². The molecule has 0 spiro atoms. The van der Waals surface area contributed by atoms with E-state index in [1.165, 1.54) is 0 Å². The van der Waals surface area contributed by atoms with Crippen molar-refractivity contribution in [3.8, 4) is 11.8 Å². The van der Waals surface area contributed by atoms with Gasteiger partial charge in [0, 0.05) is 57.9 Å². The number of hydrogen-bond acceptors (Lipinski definition) is 3. The minimum Gasteiger partial charge on any atom is -0.422 e. The van der Waals surface area contributed by atoms with Crippen LogP contribution in [0.4, 0.5) is 0 Å². The lowest BCUT2D eigenvalue weighted by Gasteiger charge is -2.09. The van der Waals surface area contributed by atoms with Gasteiger partial charge in [-0.25, -0.2) is 9.36 Å². The van der Waals surface area contributed by atoms with E-state index in [1.54, 1.807) is 12.1 Å². The molecule has 134 valence electrons. The summed E-state index contributed by atoms with van der Waals surface area (Å²) in [5, 5.41) is 0.810. The molecular formula is C22H18NO3S+. The van der Waals surface area contributed by atoms with Crippen molar-refractivity contribution in [1.82, 2.24) is 0 Å². The predicted octanol–water partition coefficient (Wildman–Crippen LogP) is 2.79. The van der Waals surface area contributed by atoms with Crippen LogP contribution in [-0.4, -0.2) is 9.96 Å². The fraction of sp³-hybridized carbons (Fsp3) is 0.182. The number of nitrogens with zero attached hydrogens (tertiary/aromatic N) is 1. The summed E-state index contributed by atoms with van der Waals surface area (Å²) >= 11 is 0. The summed E-state index contributed by atoms with van der Waals surface area (Å²) in [6.45, 7) is 0. The molecule has 2 aromatic heterocycles. The molecule has 0 saturated carbocycles. The molecule has 4 nitrogen and oxygen atoms in total. The third-order valence-electron chi connectivity index (χ3n) is 4.51. The van der Waals surface area contributed by atoms with Crippen LogP contribution in [0.3, 0.4) is 0 Å². The van der Waals surface area contributed by atoms with E-state index in [0.29, 0.717) is 29.1 Å². The van der Waals surface area contributed by atoms with Crippen molar-refractivity contribution in [2.75, 3.05) is 5.75 Å². The summed E-state index contributed by atoms with van der Waals surface area (Å²) in [6, 6.07) is 11.4. The van der Waals surface area contributed by atoms with Gasteiger partial charge in [-0.05, 0) is 35.9 Å². The lowest BCUT2D eigenvalue weighted by molar-refractivity contribution is -0.673. The third-order valence-corrected chi connectivity index (χ3v) is 5.80. The summed E-state index contributed by atoms with van der Waals surface area (Å²) in [5.41, 5.74) is 3.29. The molecule has 0 aliphatic carbocycles. The zero-order valence-electron chi connectivity index (χ0n) is 14.9. The van der Waals surface area contributed by atoms with Crippen LogP contribution in [0.15, 0.2) is 51.8 Å². The Morgan fingerprint density at radius 2 is 2.11 bits per heavy atom. The van der Waals surface area contributed by atoms with Gasteiger partial charge in [0.05, 0.1) is 5.56 Å². The summed E-state index contributed by atoms with van der Waals surface area (Å²) in [7, 11) is 1.02. The molecule has 1 atom stereocenters. The third kappa shape index (κ3) is 3.76. The minimum absolute atomic E-state index is 0.389. The molecule has 3 aromatic rings. The maximum atomic E-state index is 12.4. The van der Waals surface area contributed by atoms with E-state index in [1.807, 2.05) is 54.2 Å². The van der Waals surface area contributed by atoms with Gasteiger partial charge in [0.2, 0.25) is 5.69 Å². The maximum Gasteiger partial charge on any atom is 0.343 e. The quantitative estimate of drug-likeness (QED) is 0.393. The largest absolute Gasteiger partial charge is 0.422 e. The van der Waals surface area contributed by atoms with E-state index in [9.17, 15) is 9.00 Å². The Kier molecular flexibility index (Phi) is 4.74. The molecule has 0 radical (unpaired) electrons. The van der Waals surface area contributed by atoms with Gasteiger partial charge >= 0.3 is 5.63 Å². The number of pyridine rings is 1. The fourth-order valence-corrected chi connectivity index (χ4v) is 4.09. The first-order valence-corrected chi connectivity index (χ1v) is 10.2. The van der Waals surface area contributed by atoms with Gasteiger partial charge in [-0.1, -0.05) is 11.8 Å². The Hall–Kier alpha value is -2.97. The van der Waals surface area contributed by atoms with E-state index >= 15 is 0 Å². The number of aromatic nitrogens is 1. The molecule has 0 N–H and O–H groups in total. The van der Waals surface area contributed by atoms with Crippen LogP contribution < -0.4 is 10.2 Å². The van der Waals surface area contributed by atoms with Gasteiger partial charge in [-0.2, -0.15) is 0 Å². The van der Waals surface area contributed by atoms with E-state index in [2.05, 4.69) is 11.8 Å². The molecule has 4 rings (SSSR count). The first-order chi connectivity index (χ1) is 13.1. The Bertz CT molecular complexity index is 1210. The highest BCUT2D eigenvalue weighted by molar-refractivity contribution is 7.84. The van der Waals surface area contributed by atoms with E-state index in [0.717, 1.165) is 22.2 Å². The number of hydrogen-bond donors (Lipinski definition) is 0. The molecule has 3 heterocycles. The van der Waals surface area contributed by atoms with Gasteiger partial charge in [-0.15, -0.1) is 0 Å². The van der Waals surface area contributed by atoms with Gasteiger partial charge in [-0.3, -0.25) is 4.21 Å². The standard InChI is InChI=1S/C22H18NO3S/c1-23-10-4-2-7-20(23)9-8-17-12-18-13-19-15-27(25)11-5-3-6-16(19)14-21(18)26-22(17)24/h2,4,7-10,12-14H,5,11,15H2,1H3/q+1/b9-8+. The number of benzene rings is 1. The fourth-order valence-electron chi connectivity index (χ4n) is 3.04. The minimum atomic E-state index is -0.925. The summed E-state index contributed by atoms with van der Waals surface area (Å²) < 4.78 is 19.6. The highest BCUT2D eigenvalue weighted by Gasteiger charge is 2.12. The van der Waals surface area contributed by atoms with Crippen molar-refractivity contribution in [1.29, 1.82) is 0 Å². The maximum absolute atomic E-state index is 12.4. The molecule has 0 fully saturated rings. The SMILES string of the molecule is C[n+]1ccccc1/C=C/c1cc2cc3c(cc2oc1=O)C#CCCS(=O)C3. The van der Waals surface area contributed by atoms with Crippen LogP contribution in [0.2, 0.25) is 0 Å². The summed E-state index contributed by atoms with van der Waals surface area (Å²) in [6.07, 6.45) is 6.21. The van der Waals surface area contributed by atoms with Crippen molar-refractivity contribution in [2.45, 2.75) is 12.2 Å². The Morgan fingerprint density at radius 3 is 2.96 bits per heavy atom. The molecule has 1 aliphatic heterocycles. The molecule has 1 unspecified atom stereocenters. The number of rotatable bonds is 2. The highest BCUT2D eigenvalue weighted by atomic mass is 32.2. The van der Waals surface area contributed by atoms with Crippen molar-refractivity contribution in [3.05, 3.63) is 75.4 Å². The zero-order chi connectivity index (χ0) is 18.8. The van der Waals surface area contributed by atoms with Crippen molar-refractivity contribution in [3.63, 3.8) is 0 Å². The van der Waals surface area contributed by atoms with E-state index in [4.69, 9.17) is 4.42 Å². The van der Waals surface area contributed by atoms with Crippen LogP contribution in [0.5, 0.6) is 0 Å². The number of aryl methyl sites for hydroxylation is 1. The van der Waals surface area contributed by atoms with Gasteiger partial charge in [0.25, 0.3) is 0 Å². The Balaban J connectivity index is 1.80. The normalized spacial score (nSPS) is 16.4. The monoisotopic (exact) mass is 376 g/mol. The second-order valence-electron chi connectivity index (χ2n) is 6.45.